The molecule has 2 aromatic rings. The van der Waals surface area contributed by atoms with Crippen LogP contribution in [-0.4, -0.2) is 42.9 Å². The number of para-hydroxylation sites is 1. The number of piperazine rings is 1. The van der Waals surface area contributed by atoms with Gasteiger partial charge in [-0.05, 0) is 30.3 Å². The minimum Gasteiger partial charge on any atom is -0.368 e. The lowest BCUT2D eigenvalue weighted by Crippen LogP contribution is -2.48. The highest BCUT2D eigenvalue weighted by Gasteiger charge is 2.24. The van der Waals surface area contributed by atoms with Crippen molar-refractivity contribution >= 4 is 34.8 Å². The van der Waals surface area contributed by atoms with E-state index in [1.165, 1.54) is 6.92 Å². The van der Waals surface area contributed by atoms with Gasteiger partial charge < -0.3 is 15.1 Å². The summed E-state index contributed by atoms with van der Waals surface area (Å²) < 4.78 is 0. The molecule has 25 heavy (non-hydrogen) atoms. The van der Waals surface area contributed by atoms with Crippen LogP contribution < -0.4 is 10.2 Å². The predicted octanol–water partition coefficient (Wildman–Crippen LogP) is 3.26. The van der Waals surface area contributed by atoms with Crippen LogP contribution in [0, 0.1) is 0 Å². The van der Waals surface area contributed by atoms with Crippen molar-refractivity contribution in [1.82, 2.24) is 4.90 Å². The van der Waals surface area contributed by atoms with Crippen molar-refractivity contribution in [3.05, 3.63) is 59.1 Å². The Balaban J connectivity index is 1.69. The maximum Gasteiger partial charge on any atom is 0.256 e. The number of hydrogen-bond donors (Lipinski definition) is 1. The van der Waals surface area contributed by atoms with Crippen molar-refractivity contribution < 1.29 is 9.59 Å². The third kappa shape index (κ3) is 4.12. The molecule has 6 heteroatoms. The summed E-state index contributed by atoms with van der Waals surface area (Å²) in [6, 6.07) is 14.8. The van der Waals surface area contributed by atoms with Crippen LogP contribution >= 0.6 is 11.6 Å². The van der Waals surface area contributed by atoms with Gasteiger partial charge in [-0.15, -0.1) is 0 Å². The molecule has 1 N–H and O–H groups in total. The first kappa shape index (κ1) is 17.3. The van der Waals surface area contributed by atoms with Crippen molar-refractivity contribution in [2.24, 2.45) is 0 Å². The van der Waals surface area contributed by atoms with Gasteiger partial charge in [-0.25, -0.2) is 0 Å². The number of benzene rings is 2. The molecule has 3 rings (SSSR count). The van der Waals surface area contributed by atoms with Crippen molar-refractivity contribution in [1.29, 1.82) is 0 Å². The first-order valence-corrected chi connectivity index (χ1v) is 8.59. The van der Waals surface area contributed by atoms with Crippen molar-refractivity contribution in [3.63, 3.8) is 0 Å². The summed E-state index contributed by atoms with van der Waals surface area (Å²) in [6.45, 7) is 4.17. The molecule has 0 unspecified atom stereocenters. The van der Waals surface area contributed by atoms with E-state index >= 15 is 0 Å². The summed E-state index contributed by atoms with van der Waals surface area (Å²) in [4.78, 5) is 28.2. The van der Waals surface area contributed by atoms with Crippen LogP contribution in [-0.2, 0) is 4.79 Å². The molecule has 1 aliphatic heterocycles. The van der Waals surface area contributed by atoms with E-state index < -0.39 is 0 Å². The van der Waals surface area contributed by atoms with Crippen LogP contribution in [0.2, 0.25) is 5.02 Å². The van der Waals surface area contributed by atoms with Gasteiger partial charge in [-0.1, -0.05) is 29.8 Å². The molecule has 1 heterocycles. The summed E-state index contributed by atoms with van der Waals surface area (Å²) in [5.74, 6) is -0.249. The monoisotopic (exact) mass is 357 g/mol. The van der Waals surface area contributed by atoms with Crippen molar-refractivity contribution in [3.8, 4) is 0 Å². The van der Waals surface area contributed by atoms with Gasteiger partial charge in [0.2, 0.25) is 5.91 Å². The van der Waals surface area contributed by atoms with Crippen LogP contribution in [0.25, 0.3) is 0 Å². The van der Waals surface area contributed by atoms with E-state index in [9.17, 15) is 9.59 Å². The summed E-state index contributed by atoms with van der Waals surface area (Å²) in [7, 11) is 0. The molecule has 0 spiro atoms. The molecule has 0 radical (unpaired) electrons. The second-order valence-corrected chi connectivity index (χ2v) is 6.42. The van der Waals surface area contributed by atoms with Crippen molar-refractivity contribution in [2.45, 2.75) is 6.92 Å². The smallest absolute Gasteiger partial charge is 0.256 e. The van der Waals surface area contributed by atoms with Crippen LogP contribution in [0.15, 0.2) is 48.5 Å². The first-order valence-electron chi connectivity index (χ1n) is 8.21. The summed E-state index contributed by atoms with van der Waals surface area (Å²) in [5, 5.41) is 3.43. The van der Waals surface area contributed by atoms with Gasteiger partial charge in [0.15, 0.2) is 0 Å². The normalized spacial score (nSPS) is 14.3. The molecule has 2 amide bonds. The van der Waals surface area contributed by atoms with Crippen LogP contribution in [0.3, 0.4) is 0 Å². The van der Waals surface area contributed by atoms with Gasteiger partial charge in [0, 0.05) is 43.8 Å². The molecule has 0 aliphatic carbocycles. The van der Waals surface area contributed by atoms with Gasteiger partial charge in [0.25, 0.3) is 5.91 Å². The molecule has 2 aromatic carbocycles. The van der Waals surface area contributed by atoms with E-state index in [2.05, 4.69) is 10.2 Å². The van der Waals surface area contributed by atoms with Gasteiger partial charge in [0.1, 0.15) is 0 Å². The predicted molar refractivity (Wildman–Crippen MR) is 100 cm³/mol. The number of carbonyl (C=O) groups excluding carboxylic acids is 2. The molecule has 1 fully saturated rings. The third-order valence-corrected chi connectivity index (χ3v) is 4.44. The Kier molecular flexibility index (Phi) is 5.24. The Morgan fingerprint density at radius 3 is 2.40 bits per heavy atom. The number of rotatable bonds is 3. The zero-order chi connectivity index (χ0) is 17.8. The number of nitrogens with one attached hydrogen (secondary N) is 1. The number of amides is 2. The minimum atomic E-state index is -0.189. The van der Waals surface area contributed by atoms with Gasteiger partial charge in [-0.3, -0.25) is 9.59 Å². The molecule has 0 saturated carbocycles. The molecule has 130 valence electrons. The number of anilines is 2. The Labute approximate surface area is 152 Å². The molecule has 0 atom stereocenters. The van der Waals surface area contributed by atoms with E-state index in [1.54, 1.807) is 24.3 Å². The average Bonchev–Trinajstić information content (AvgIpc) is 2.61. The average molecular weight is 358 g/mol. The van der Waals surface area contributed by atoms with E-state index in [0.717, 1.165) is 18.8 Å². The van der Waals surface area contributed by atoms with Gasteiger partial charge >= 0.3 is 0 Å². The highest BCUT2D eigenvalue weighted by atomic mass is 35.5. The fourth-order valence-electron chi connectivity index (χ4n) is 2.98. The number of hydrogen-bond acceptors (Lipinski definition) is 3. The van der Waals surface area contributed by atoms with Gasteiger partial charge in [-0.2, -0.15) is 0 Å². The second kappa shape index (κ2) is 7.57. The summed E-state index contributed by atoms with van der Waals surface area (Å²) >= 11 is 6.06. The van der Waals surface area contributed by atoms with E-state index in [4.69, 9.17) is 11.6 Å². The first-order chi connectivity index (χ1) is 12.0. The highest BCUT2D eigenvalue weighted by molar-refractivity contribution is 6.30. The van der Waals surface area contributed by atoms with Crippen LogP contribution in [0.4, 0.5) is 11.4 Å². The number of nitrogens with zero attached hydrogens (tertiary/aromatic N) is 2. The summed E-state index contributed by atoms with van der Waals surface area (Å²) in [6.07, 6.45) is 0. The topological polar surface area (TPSA) is 52.7 Å². The number of halogens is 1. The zero-order valence-electron chi connectivity index (χ0n) is 14.0. The molecule has 5 nitrogen and oxygen atoms in total. The lowest BCUT2D eigenvalue weighted by Gasteiger charge is -2.36. The fourth-order valence-corrected chi connectivity index (χ4v) is 3.16. The largest absolute Gasteiger partial charge is 0.368 e. The van der Waals surface area contributed by atoms with E-state index in [0.29, 0.717) is 29.4 Å². The SMILES string of the molecule is CC(=O)Nc1ccccc1C(=O)N1CCN(c2cccc(Cl)c2)CC1. The van der Waals surface area contributed by atoms with Crippen molar-refractivity contribution in [2.75, 3.05) is 36.4 Å². The zero-order valence-corrected chi connectivity index (χ0v) is 14.8. The quantitative estimate of drug-likeness (QED) is 0.917. The highest BCUT2D eigenvalue weighted by Crippen LogP contribution is 2.22. The third-order valence-electron chi connectivity index (χ3n) is 4.21. The van der Waals surface area contributed by atoms with Crippen LogP contribution in [0.1, 0.15) is 17.3 Å². The molecule has 1 aliphatic rings. The Hall–Kier alpha value is -2.53. The lowest BCUT2D eigenvalue weighted by molar-refractivity contribution is -0.114. The Morgan fingerprint density at radius 1 is 1.00 bits per heavy atom. The fraction of sp³-hybridized carbons (Fsp3) is 0.263. The maximum atomic E-state index is 12.8. The van der Waals surface area contributed by atoms with Crippen LogP contribution in [0.5, 0.6) is 0 Å². The van der Waals surface area contributed by atoms with E-state index in [1.807, 2.05) is 29.2 Å². The molecule has 0 bridgehead atoms. The molecular weight excluding hydrogens is 338 g/mol. The summed E-state index contributed by atoms with van der Waals surface area (Å²) in [5.41, 5.74) is 2.14. The Morgan fingerprint density at radius 2 is 1.72 bits per heavy atom. The van der Waals surface area contributed by atoms with Gasteiger partial charge in [0.05, 0.1) is 11.3 Å². The molecular formula is C19H20ClN3O2. The molecule has 1 saturated heterocycles. The maximum absolute atomic E-state index is 12.8. The minimum absolute atomic E-state index is 0.0601. The molecule has 0 aromatic heterocycles. The Bertz CT molecular complexity index is 786. The standard InChI is InChI=1S/C19H20ClN3O2/c1-14(24)21-18-8-3-2-7-17(18)19(25)23-11-9-22(10-12-23)16-6-4-5-15(20)13-16/h2-8,13H,9-12H2,1H3,(H,21,24). The lowest BCUT2D eigenvalue weighted by atomic mass is 10.1. The second-order valence-electron chi connectivity index (χ2n) is 5.99. The number of carbonyl (C=O) groups is 2. The van der Waals surface area contributed by atoms with E-state index in [-0.39, 0.29) is 11.8 Å².